The van der Waals surface area contributed by atoms with Gasteiger partial charge in [-0.15, -0.1) is 11.3 Å². The van der Waals surface area contributed by atoms with Gasteiger partial charge in [0.15, 0.2) is 17.2 Å². The molecule has 0 atom stereocenters. The zero-order chi connectivity index (χ0) is 22.2. The summed E-state index contributed by atoms with van der Waals surface area (Å²) in [5, 5.41) is 4.79. The number of halogens is 2. The lowest BCUT2D eigenvalue weighted by Gasteiger charge is -2.17. The lowest BCUT2D eigenvalue weighted by molar-refractivity contribution is 0.140. The molecule has 1 aliphatic rings. The number of nitrogens with zero attached hydrogens (tertiary/aromatic N) is 5. The van der Waals surface area contributed by atoms with Crippen LogP contribution in [0.5, 0.6) is 5.75 Å². The number of benzene rings is 1. The van der Waals surface area contributed by atoms with E-state index in [9.17, 15) is 13.6 Å². The number of hydrogen-bond donors (Lipinski definition) is 0. The van der Waals surface area contributed by atoms with Crippen LogP contribution >= 0.6 is 11.3 Å². The third-order valence-electron chi connectivity index (χ3n) is 5.58. The highest BCUT2D eigenvalue weighted by Gasteiger charge is 2.20. The van der Waals surface area contributed by atoms with Crippen LogP contribution in [0.4, 0.5) is 8.78 Å². The van der Waals surface area contributed by atoms with Gasteiger partial charge in [-0.2, -0.15) is 14.0 Å². The van der Waals surface area contributed by atoms with Gasteiger partial charge in [0.05, 0.1) is 25.6 Å². The zero-order valence-corrected chi connectivity index (χ0v) is 18.2. The molecule has 0 N–H and O–H groups in total. The molecule has 0 aliphatic carbocycles. The number of ether oxygens (including phenoxy) is 2. The minimum atomic E-state index is -1.08. The van der Waals surface area contributed by atoms with Crippen LogP contribution in [0.25, 0.3) is 15.9 Å². The van der Waals surface area contributed by atoms with Gasteiger partial charge in [-0.05, 0) is 18.6 Å². The molecule has 0 spiro atoms. The average molecular weight is 461 g/mol. The van der Waals surface area contributed by atoms with Gasteiger partial charge in [-0.25, -0.2) is 14.2 Å². The van der Waals surface area contributed by atoms with Crippen molar-refractivity contribution in [3.63, 3.8) is 0 Å². The van der Waals surface area contributed by atoms with Crippen LogP contribution in [0.1, 0.15) is 16.9 Å². The standard InChI is InChI=1S/C21H21F2N5O3S/c1-30-16-4-3-13(17(22)18(16)23)10-27-20-15(19-24-12-25-28(19)21(27)29)9-14(32-20)11-26-5-2-7-31-8-6-26/h3-4,9,12H,2,5-8,10-11H2,1H3. The van der Waals surface area contributed by atoms with E-state index in [0.29, 0.717) is 23.6 Å². The molecule has 1 fully saturated rings. The second-order valence-electron chi connectivity index (χ2n) is 7.59. The topological polar surface area (TPSA) is 73.9 Å². The van der Waals surface area contributed by atoms with Gasteiger partial charge in [-0.3, -0.25) is 9.47 Å². The molecule has 0 radical (unpaired) electrons. The van der Waals surface area contributed by atoms with Crippen molar-refractivity contribution >= 4 is 27.2 Å². The van der Waals surface area contributed by atoms with E-state index in [0.717, 1.165) is 36.4 Å². The molecule has 0 amide bonds. The van der Waals surface area contributed by atoms with Gasteiger partial charge in [0.25, 0.3) is 0 Å². The summed E-state index contributed by atoms with van der Waals surface area (Å²) in [5.74, 6) is -2.30. The molecule has 0 unspecified atom stereocenters. The van der Waals surface area contributed by atoms with E-state index in [1.807, 2.05) is 6.07 Å². The molecule has 32 heavy (non-hydrogen) atoms. The van der Waals surface area contributed by atoms with Crippen LogP contribution in [0, 0.1) is 11.6 Å². The van der Waals surface area contributed by atoms with Gasteiger partial charge >= 0.3 is 5.69 Å². The van der Waals surface area contributed by atoms with Crippen LogP contribution in [-0.4, -0.2) is 57.5 Å². The summed E-state index contributed by atoms with van der Waals surface area (Å²) in [6, 6.07) is 4.77. The largest absolute Gasteiger partial charge is 0.494 e. The van der Waals surface area contributed by atoms with Crippen LogP contribution in [-0.2, 0) is 17.8 Å². The summed E-state index contributed by atoms with van der Waals surface area (Å²) in [5.41, 5.74) is 0.0346. The number of hydrogen-bond acceptors (Lipinski definition) is 7. The summed E-state index contributed by atoms with van der Waals surface area (Å²) < 4.78 is 41.9. The van der Waals surface area contributed by atoms with Crippen molar-refractivity contribution in [1.82, 2.24) is 24.1 Å². The predicted molar refractivity (Wildman–Crippen MR) is 115 cm³/mol. The van der Waals surface area contributed by atoms with Crippen LogP contribution in [0.3, 0.4) is 0 Å². The van der Waals surface area contributed by atoms with Crippen molar-refractivity contribution in [3.8, 4) is 5.75 Å². The van der Waals surface area contributed by atoms with Crippen molar-refractivity contribution in [2.75, 3.05) is 33.4 Å². The summed E-state index contributed by atoms with van der Waals surface area (Å²) in [4.78, 5) is 21.4. The maximum atomic E-state index is 14.7. The highest BCUT2D eigenvalue weighted by molar-refractivity contribution is 7.18. The molecule has 5 rings (SSSR count). The zero-order valence-electron chi connectivity index (χ0n) is 17.4. The number of methoxy groups -OCH3 is 1. The summed E-state index contributed by atoms with van der Waals surface area (Å²) in [6.45, 7) is 3.77. The number of aromatic nitrogens is 4. The van der Waals surface area contributed by atoms with Crippen molar-refractivity contribution in [2.24, 2.45) is 0 Å². The molecule has 11 heteroatoms. The molecule has 1 saturated heterocycles. The van der Waals surface area contributed by atoms with Crippen molar-refractivity contribution in [2.45, 2.75) is 19.5 Å². The Morgan fingerprint density at radius 1 is 1.19 bits per heavy atom. The van der Waals surface area contributed by atoms with Crippen molar-refractivity contribution in [3.05, 3.63) is 57.1 Å². The first-order valence-electron chi connectivity index (χ1n) is 10.2. The van der Waals surface area contributed by atoms with Gasteiger partial charge in [0, 0.05) is 36.7 Å². The monoisotopic (exact) mass is 461 g/mol. The van der Waals surface area contributed by atoms with Gasteiger partial charge in [-0.1, -0.05) is 6.07 Å². The quantitative estimate of drug-likeness (QED) is 0.455. The van der Waals surface area contributed by atoms with Crippen LogP contribution in [0.2, 0.25) is 0 Å². The third-order valence-corrected chi connectivity index (χ3v) is 6.72. The Kier molecular flexibility index (Phi) is 5.62. The average Bonchev–Trinajstić information content (AvgIpc) is 3.36. The Balaban J connectivity index is 1.60. The van der Waals surface area contributed by atoms with E-state index in [1.165, 1.54) is 46.0 Å². The number of rotatable bonds is 5. The fraction of sp³-hybridized carbons (Fsp3) is 0.381. The van der Waals surface area contributed by atoms with E-state index in [1.54, 1.807) is 0 Å². The molecule has 1 aliphatic heterocycles. The molecule has 0 bridgehead atoms. The maximum absolute atomic E-state index is 14.7. The molecular formula is C21H21F2N5O3S. The lowest BCUT2D eigenvalue weighted by atomic mass is 10.2. The second kappa shape index (κ2) is 8.57. The third kappa shape index (κ3) is 3.65. The normalized spacial score (nSPS) is 15.5. The molecule has 8 nitrogen and oxygen atoms in total. The fourth-order valence-electron chi connectivity index (χ4n) is 3.97. The minimum absolute atomic E-state index is 0.0470. The molecular weight excluding hydrogens is 440 g/mol. The fourth-order valence-corrected chi connectivity index (χ4v) is 5.16. The molecule has 3 aromatic heterocycles. The maximum Gasteiger partial charge on any atom is 0.352 e. The summed E-state index contributed by atoms with van der Waals surface area (Å²) in [7, 11) is 1.27. The van der Waals surface area contributed by atoms with E-state index >= 15 is 0 Å². The first-order chi connectivity index (χ1) is 15.6. The molecule has 1 aromatic carbocycles. The van der Waals surface area contributed by atoms with Crippen molar-refractivity contribution < 1.29 is 18.3 Å². The SMILES string of the molecule is COc1ccc(Cn2c(=O)n3ncnc3c3cc(CN4CCCOCC4)sc32)c(F)c1F. The van der Waals surface area contributed by atoms with E-state index in [-0.39, 0.29) is 17.9 Å². The first kappa shape index (κ1) is 21.0. The Labute approximate surface area is 185 Å². The molecule has 4 aromatic rings. The van der Waals surface area contributed by atoms with Crippen molar-refractivity contribution in [1.29, 1.82) is 0 Å². The summed E-state index contributed by atoms with van der Waals surface area (Å²) >= 11 is 1.45. The molecule has 4 heterocycles. The van der Waals surface area contributed by atoms with Crippen LogP contribution in [0.15, 0.2) is 29.3 Å². The van der Waals surface area contributed by atoms with E-state index in [2.05, 4.69) is 15.0 Å². The Morgan fingerprint density at radius 2 is 2.06 bits per heavy atom. The van der Waals surface area contributed by atoms with Gasteiger partial charge < -0.3 is 9.47 Å². The Hall–Kier alpha value is -2.89. The Bertz CT molecular complexity index is 1340. The highest BCUT2D eigenvalue weighted by Crippen LogP contribution is 2.30. The lowest BCUT2D eigenvalue weighted by Crippen LogP contribution is -2.28. The minimum Gasteiger partial charge on any atom is -0.494 e. The number of fused-ring (bicyclic) bond motifs is 3. The van der Waals surface area contributed by atoms with Crippen LogP contribution < -0.4 is 10.4 Å². The second-order valence-corrected chi connectivity index (χ2v) is 8.71. The number of thiophene rings is 1. The van der Waals surface area contributed by atoms with Gasteiger partial charge in [0.1, 0.15) is 11.2 Å². The molecule has 168 valence electrons. The molecule has 0 saturated carbocycles. The van der Waals surface area contributed by atoms with E-state index < -0.39 is 17.3 Å². The van der Waals surface area contributed by atoms with Gasteiger partial charge in [0.2, 0.25) is 5.82 Å². The highest BCUT2D eigenvalue weighted by atomic mass is 32.1. The smallest absolute Gasteiger partial charge is 0.352 e. The van der Waals surface area contributed by atoms with E-state index in [4.69, 9.17) is 9.47 Å². The first-order valence-corrected chi connectivity index (χ1v) is 11.0. The Morgan fingerprint density at radius 3 is 2.91 bits per heavy atom. The summed E-state index contributed by atoms with van der Waals surface area (Å²) in [6.07, 6.45) is 2.28. The predicted octanol–water partition coefficient (Wildman–Crippen LogP) is 2.66.